The van der Waals surface area contributed by atoms with E-state index in [1.165, 1.54) is 0 Å². The van der Waals surface area contributed by atoms with E-state index in [2.05, 4.69) is 25.5 Å². The van der Waals surface area contributed by atoms with Crippen LogP contribution >= 0.6 is 11.6 Å². The number of ether oxygens (including phenoxy) is 1. The van der Waals surface area contributed by atoms with Gasteiger partial charge in [0.2, 0.25) is 0 Å². The van der Waals surface area contributed by atoms with Gasteiger partial charge in [-0.2, -0.15) is 4.68 Å². The molecule has 27 heavy (non-hydrogen) atoms. The molecule has 7 nitrogen and oxygen atoms in total. The van der Waals surface area contributed by atoms with Crippen molar-refractivity contribution < 1.29 is 4.74 Å². The number of benzene rings is 2. The van der Waals surface area contributed by atoms with Crippen LogP contribution in [0.5, 0.6) is 5.75 Å². The molecule has 2 heterocycles. The second-order valence-electron chi connectivity index (χ2n) is 5.80. The Morgan fingerprint density at radius 1 is 1.00 bits per heavy atom. The van der Waals surface area contributed by atoms with Crippen molar-refractivity contribution in [2.75, 3.05) is 7.11 Å². The zero-order valence-electron chi connectivity index (χ0n) is 14.7. The van der Waals surface area contributed by atoms with Gasteiger partial charge in [0, 0.05) is 16.8 Å². The quantitative estimate of drug-likeness (QED) is 0.538. The van der Waals surface area contributed by atoms with E-state index in [9.17, 15) is 0 Å². The van der Waals surface area contributed by atoms with Gasteiger partial charge in [0.1, 0.15) is 11.6 Å². The molecule has 0 fully saturated rings. The number of tetrazole rings is 1. The lowest BCUT2D eigenvalue weighted by molar-refractivity contribution is 0.414. The Kier molecular flexibility index (Phi) is 4.52. The molecule has 0 saturated heterocycles. The van der Waals surface area contributed by atoms with Gasteiger partial charge in [-0.15, -0.1) is 5.10 Å². The van der Waals surface area contributed by atoms with Gasteiger partial charge in [-0.3, -0.25) is 0 Å². The van der Waals surface area contributed by atoms with Crippen LogP contribution in [0, 0.1) is 6.92 Å². The number of aromatic nitrogens is 6. The van der Waals surface area contributed by atoms with E-state index in [1.54, 1.807) is 18.0 Å². The summed E-state index contributed by atoms with van der Waals surface area (Å²) in [5.74, 6) is 1.96. The summed E-state index contributed by atoms with van der Waals surface area (Å²) in [7, 11) is 1.62. The van der Waals surface area contributed by atoms with E-state index < -0.39 is 0 Å². The first-order chi connectivity index (χ1) is 13.2. The van der Waals surface area contributed by atoms with Crippen molar-refractivity contribution in [1.82, 2.24) is 30.2 Å². The zero-order chi connectivity index (χ0) is 18.8. The monoisotopic (exact) mass is 378 g/mol. The summed E-state index contributed by atoms with van der Waals surface area (Å²) >= 11 is 6.02. The number of nitrogens with zero attached hydrogens (tertiary/aromatic N) is 6. The topological polar surface area (TPSA) is 78.6 Å². The van der Waals surface area contributed by atoms with Gasteiger partial charge < -0.3 is 4.74 Å². The number of aryl methyl sites for hydroxylation is 1. The van der Waals surface area contributed by atoms with Crippen LogP contribution in [0.1, 0.15) is 5.82 Å². The second kappa shape index (κ2) is 7.13. The predicted molar refractivity (Wildman–Crippen MR) is 102 cm³/mol. The number of rotatable bonds is 4. The number of hydrogen-bond donors (Lipinski definition) is 0. The minimum atomic E-state index is 0.546. The highest BCUT2D eigenvalue weighted by atomic mass is 35.5. The molecule has 4 aromatic rings. The first-order valence-corrected chi connectivity index (χ1v) is 8.56. The summed E-state index contributed by atoms with van der Waals surface area (Å²) in [6.45, 7) is 1.84. The van der Waals surface area contributed by atoms with Crippen molar-refractivity contribution >= 4 is 11.6 Å². The summed E-state index contributed by atoms with van der Waals surface area (Å²) in [6, 6.07) is 14.9. The van der Waals surface area contributed by atoms with Crippen LogP contribution in [-0.4, -0.2) is 37.3 Å². The highest BCUT2D eigenvalue weighted by molar-refractivity contribution is 6.30. The van der Waals surface area contributed by atoms with Gasteiger partial charge in [0.15, 0.2) is 5.82 Å². The van der Waals surface area contributed by atoms with Crippen LogP contribution in [0.15, 0.2) is 54.7 Å². The lowest BCUT2D eigenvalue weighted by atomic mass is 10.1. The van der Waals surface area contributed by atoms with Crippen molar-refractivity contribution in [3.63, 3.8) is 0 Å². The lowest BCUT2D eigenvalue weighted by Gasteiger charge is -2.10. The highest BCUT2D eigenvalue weighted by Crippen LogP contribution is 2.30. The second-order valence-corrected chi connectivity index (χ2v) is 6.24. The van der Waals surface area contributed by atoms with E-state index >= 15 is 0 Å². The maximum absolute atomic E-state index is 6.02. The molecule has 2 aromatic heterocycles. The number of hydrogen-bond acceptors (Lipinski definition) is 6. The summed E-state index contributed by atoms with van der Waals surface area (Å²) in [5, 5.41) is 12.8. The fourth-order valence-corrected chi connectivity index (χ4v) is 2.84. The Hall–Kier alpha value is -3.32. The van der Waals surface area contributed by atoms with E-state index in [0.717, 1.165) is 28.3 Å². The summed E-state index contributed by atoms with van der Waals surface area (Å²) in [5.41, 5.74) is 3.18. The fourth-order valence-electron chi connectivity index (χ4n) is 2.71. The molecule has 8 heteroatoms. The molecule has 0 radical (unpaired) electrons. The summed E-state index contributed by atoms with van der Waals surface area (Å²) in [4.78, 5) is 8.94. The van der Waals surface area contributed by atoms with Crippen molar-refractivity contribution in [2.24, 2.45) is 0 Å². The molecule has 0 unspecified atom stereocenters. The van der Waals surface area contributed by atoms with Gasteiger partial charge in [0.05, 0.1) is 24.1 Å². The van der Waals surface area contributed by atoms with Crippen LogP contribution in [0.3, 0.4) is 0 Å². The van der Waals surface area contributed by atoms with Crippen molar-refractivity contribution in [3.8, 4) is 34.1 Å². The molecule has 0 aliphatic carbocycles. The van der Waals surface area contributed by atoms with Gasteiger partial charge in [-0.25, -0.2) is 9.97 Å². The van der Waals surface area contributed by atoms with Gasteiger partial charge in [-0.05, 0) is 53.7 Å². The van der Waals surface area contributed by atoms with Crippen LogP contribution < -0.4 is 4.74 Å². The maximum atomic E-state index is 6.02. The molecule has 0 amide bonds. The molecular weight excluding hydrogens is 364 g/mol. The number of halogens is 1. The van der Waals surface area contributed by atoms with Crippen molar-refractivity contribution in [1.29, 1.82) is 0 Å². The maximum Gasteiger partial charge on any atom is 0.190 e. The molecule has 0 atom stereocenters. The molecule has 0 aliphatic rings. The minimum absolute atomic E-state index is 0.546. The summed E-state index contributed by atoms with van der Waals surface area (Å²) in [6.07, 6.45) is 1.73. The van der Waals surface area contributed by atoms with Crippen LogP contribution in [0.2, 0.25) is 5.02 Å². The Labute approximate surface area is 160 Å². The third kappa shape index (κ3) is 3.37. The zero-order valence-corrected chi connectivity index (χ0v) is 15.4. The molecule has 2 aromatic carbocycles. The van der Waals surface area contributed by atoms with Crippen LogP contribution in [-0.2, 0) is 0 Å². The van der Waals surface area contributed by atoms with E-state index in [4.69, 9.17) is 16.3 Å². The van der Waals surface area contributed by atoms with Crippen molar-refractivity contribution in [2.45, 2.75) is 6.92 Å². The Morgan fingerprint density at radius 2 is 1.74 bits per heavy atom. The third-order valence-electron chi connectivity index (χ3n) is 4.05. The predicted octanol–water partition coefficient (Wildman–Crippen LogP) is 3.76. The number of methoxy groups -OCH3 is 1. The van der Waals surface area contributed by atoms with Gasteiger partial charge >= 0.3 is 0 Å². The van der Waals surface area contributed by atoms with Gasteiger partial charge in [-0.1, -0.05) is 23.7 Å². The Bertz CT molecular complexity index is 1080. The van der Waals surface area contributed by atoms with Crippen molar-refractivity contribution in [3.05, 3.63) is 65.6 Å². The van der Waals surface area contributed by atoms with E-state index in [0.29, 0.717) is 16.7 Å². The molecule has 0 saturated carbocycles. The molecule has 0 bridgehead atoms. The van der Waals surface area contributed by atoms with E-state index in [1.807, 2.05) is 55.5 Å². The standard InChI is InChI=1S/C19H15ClN6O/c1-12-21-11-17(18(22-12)13-3-5-14(20)6-4-13)19-23-24-25-26(19)15-7-9-16(27-2)10-8-15/h3-11H,1-2H3. The SMILES string of the molecule is COc1ccc(-n2nnnc2-c2cnc(C)nc2-c2ccc(Cl)cc2)cc1. The Morgan fingerprint density at radius 3 is 2.44 bits per heavy atom. The molecule has 134 valence electrons. The van der Waals surface area contributed by atoms with Crippen LogP contribution in [0.4, 0.5) is 0 Å². The molecular formula is C19H15ClN6O. The fraction of sp³-hybridized carbons (Fsp3) is 0.105. The first-order valence-electron chi connectivity index (χ1n) is 8.18. The van der Waals surface area contributed by atoms with Crippen LogP contribution in [0.25, 0.3) is 28.3 Å². The Balaban J connectivity index is 1.85. The molecule has 0 aliphatic heterocycles. The average Bonchev–Trinajstić information content (AvgIpc) is 3.18. The normalized spacial score (nSPS) is 10.8. The highest BCUT2D eigenvalue weighted by Gasteiger charge is 2.18. The van der Waals surface area contributed by atoms with E-state index in [-0.39, 0.29) is 0 Å². The first kappa shape index (κ1) is 17.1. The molecule has 0 spiro atoms. The minimum Gasteiger partial charge on any atom is -0.497 e. The smallest absolute Gasteiger partial charge is 0.190 e. The van der Waals surface area contributed by atoms with Gasteiger partial charge in [0.25, 0.3) is 0 Å². The summed E-state index contributed by atoms with van der Waals surface area (Å²) < 4.78 is 6.86. The largest absolute Gasteiger partial charge is 0.497 e. The molecule has 0 N–H and O–H groups in total. The third-order valence-corrected chi connectivity index (χ3v) is 4.31. The lowest BCUT2D eigenvalue weighted by Crippen LogP contribution is -2.03. The average molecular weight is 379 g/mol. The molecule has 4 rings (SSSR count).